The zero-order valence-corrected chi connectivity index (χ0v) is 10.9. The summed E-state index contributed by atoms with van der Waals surface area (Å²) in [6.07, 6.45) is 5.05. The van der Waals surface area contributed by atoms with Gasteiger partial charge in [-0.1, -0.05) is 24.4 Å². The number of aliphatic hydroxyl groups excluding tert-OH is 1. The van der Waals surface area contributed by atoms with Crippen molar-refractivity contribution in [2.24, 2.45) is 5.92 Å². The number of aliphatic hydroxyl groups is 1. The van der Waals surface area contributed by atoms with Gasteiger partial charge in [-0.2, -0.15) is 0 Å². The molecule has 0 aliphatic heterocycles. The lowest BCUT2D eigenvalue weighted by atomic mass is 9.82. The average Bonchev–Trinajstić information content (AvgIpc) is 2.32. The molecule has 0 saturated heterocycles. The van der Waals surface area contributed by atoms with Crippen LogP contribution in [0.3, 0.4) is 0 Å². The highest BCUT2D eigenvalue weighted by molar-refractivity contribution is 6.30. The molecule has 1 aliphatic carbocycles. The minimum absolute atomic E-state index is 0.174. The molecule has 1 saturated carbocycles. The average molecular weight is 255 g/mol. The van der Waals surface area contributed by atoms with Crippen LogP contribution in [0, 0.1) is 5.92 Å². The molecule has 1 aliphatic rings. The molecule has 2 unspecified atom stereocenters. The first kappa shape index (κ1) is 12.7. The maximum absolute atomic E-state index is 9.99. The maximum atomic E-state index is 9.99. The first-order chi connectivity index (χ1) is 8.20. The van der Waals surface area contributed by atoms with Gasteiger partial charge in [-0.15, -0.1) is 0 Å². The maximum Gasteiger partial charge on any atom is 0.122 e. The molecule has 1 fully saturated rings. The van der Waals surface area contributed by atoms with Crippen LogP contribution in [0.5, 0.6) is 5.75 Å². The molecule has 0 bridgehead atoms. The zero-order chi connectivity index (χ0) is 12.3. The van der Waals surface area contributed by atoms with E-state index in [9.17, 15) is 5.11 Å². The van der Waals surface area contributed by atoms with Crippen molar-refractivity contribution >= 4 is 11.6 Å². The third-order valence-corrected chi connectivity index (χ3v) is 3.83. The fourth-order valence-corrected chi connectivity index (χ4v) is 2.81. The summed E-state index contributed by atoms with van der Waals surface area (Å²) >= 11 is 6.01. The molecule has 1 aromatic rings. The quantitative estimate of drug-likeness (QED) is 0.895. The second-order valence-corrected chi connectivity index (χ2v) is 5.21. The molecule has 94 valence electrons. The van der Waals surface area contributed by atoms with E-state index in [0.29, 0.717) is 5.92 Å². The van der Waals surface area contributed by atoms with Crippen LogP contribution in [0.1, 0.15) is 31.2 Å². The van der Waals surface area contributed by atoms with E-state index in [1.54, 1.807) is 7.11 Å². The minimum atomic E-state index is -0.174. The number of rotatable bonds is 3. The van der Waals surface area contributed by atoms with E-state index >= 15 is 0 Å². The van der Waals surface area contributed by atoms with Crippen molar-refractivity contribution in [1.82, 2.24) is 0 Å². The van der Waals surface area contributed by atoms with Crippen LogP contribution in [0.2, 0.25) is 5.02 Å². The van der Waals surface area contributed by atoms with Gasteiger partial charge in [0.2, 0.25) is 0 Å². The van der Waals surface area contributed by atoms with Crippen molar-refractivity contribution in [3.8, 4) is 5.75 Å². The van der Waals surface area contributed by atoms with E-state index in [4.69, 9.17) is 16.3 Å². The Morgan fingerprint density at radius 3 is 2.82 bits per heavy atom. The summed E-state index contributed by atoms with van der Waals surface area (Å²) in [5, 5.41) is 10.7. The molecule has 0 radical (unpaired) electrons. The summed E-state index contributed by atoms with van der Waals surface area (Å²) < 4.78 is 5.34. The van der Waals surface area contributed by atoms with Crippen molar-refractivity contribution in [1.29, 1.82) is 0 Å². The molecule has 0 amide bonds. The largest absolute Gasteiger partial charge is 0.496 e. The van der Waals surface area contributed by atoms with Crippen molar-refractivity contribution < 1.29 is 9.84 Å². The van der Waals surface area contributed by atoms with Gasteiger partial charge < -0.3 is 9.84 Å². The SMILES string of the molecule is COc1ccc(Cl)cc1CC1CCCCC1O. The van der Waals surface area contributed by atoms with Crippen LogP contribution >= 0.6 is 11.6 Å². The van der Waals surface area contributed by atoms with E-state index in [0.717, 1.165) is 42.0 Å². The van der Waals surface area contributed by atoms with Crippen molar-refractivity contribution in [3.05, 3.63) is 28.8 Å². The van der Waals surface area contributed by atoms with Gasteiger partial charge in [-0.3, -0.25) is 0 Å². The monoisotopic (exact) mass is 254 g/mol. The van der Waals surface area contributed by atoms with E-state index in [1.807, 2.05) is 18.2 Å². The Kier molecular flexibility index (Phi) is 4.30. The van der Waals surface area contributed by atoms with Crippen molar-refractivity contribution in [3.63, 3.8) is 0 Å². The molecule has 1 N–H and O–H groups in total. The van der Waals surface area contributed by atoms with Gasteiger partial charge >= 0.3 is 0 Å². The first-order valence-corrected chi connectivity index (χ1v) is 6.59. The number of ether oxygens (including phenoxy) is 1. The molecule has 0 spiro atoms. The zero-order valence-electron chi connectivity index (χ0n) is 10.2. The van der Waals surface area contributed by atoms with Crippen LogP contribution in [0.15, 0.2) is 18.2 Å². The smallest absolute Gasteiger partial charge is 0.122 e. The van der Waals surface area contributed by atoms with Gasteiger partial charge in [0, 0.05) is 5.02 Å². The number of halogens is 1. The van der Waals surface area contributed by atoms with Gasteiger partial charge in [-0.05, 0) is 48.9 Å². The summed E-state index contributed by atoms with van der Waals surface area (Å²) in [7, 11) is 1.67. The molecule has 0 aromatic heterocycles. The Morgan fingerprint density at radius 1 is 1.35 bits per heavy atom. The first-order valence-electron chi connectivity index (χ1n) is 6.21. The summed E-state index contributed by atoms with van der Waals surface area (Å²) in [5.41, 5.74) is 1.10. The van der Waals surface area contributed by atoms with Gasteiger partial charge in [0.25, 0.3) is 0 Å². The Morgan fingerprint density at radius 2 is 2.12 bits per heavy atom. The second kappa shape index (κ2) is 5.74. The van der Waals surface area contributed by atoms with Crippen molar-refractivity contribution in [2.75, 3.05) is 7.11 Å². The van der Waals surface area contributed by atoms with Gasteiger partial charge in [0.05, 0.1) is 13.2 Å². The van der Waals surface area contributed by atoms with Crippen molar-refractivity contribution in [2.45, 2.75) is 38.2 Å². The van der Waals surface area contributed by atoms with Crippen LogP contribution in [0.25, 0.3) is 0 Å². The highest BCUT2D eigenvalue weighted by atomic mass is 35.5. The Bertz CT molecular complexity index is 378. The molecule has 0 heterocycles. The lowest BCUT2D eigenvalue weighted by molar-refractivity contribution is 0.0697. The van der Waals surface area contributed by atoms with Gasteiger partial charge in [0.15, 0.2) is 0 Å². The molecule has 17 heavy (non-hydrogen) atoms. The van der Waals surface area contributed by atoms with Gasteiger partial charge in [0.1, 0.15) is 5.75 Å². The normalized spacial score (nSPS) is 24.6. The summed E-state index contributed by atoms with van der Waals surface area (Å²) in [4.78, 5) is 0. The molecular formula is C14H19ClO2. The highest BCUT2D eigenvalue weighted by Gasteiger charge is 2.24. The third kappa shape index (κ3) is 3.14. The predicted molar refractivity (Wildman–Crippen MR) is 69.7 cm³/mol. The number of methoxy groups -OCH3 is 1. The number of hydrogen-bond donors (Lipinski definition) is 1. The molecule has 2 rings (SSSR count). The minimum Gasteiger partial charge on any atom is -0.496 e. The summed E-state index contributed by atoms with van der Waals surface area (Å²) in [5.74, 6) is 1.21. The fraction of sp³-hybridized carbons (Fsp3) is 0.571. The Balaban J connectivity index is 2.13. The Hall–Kier alpha value is -0.730. The molecule has 2 atom stereocenters. The van der Waals surface area contributed by atoms with E-state index < -0.39 is 0 Å². The summed E-state index contributed by atoms with van der Waals surface area (Å²) in [6, 6.07) is 5.68. The lowest BCUT2D eigenvalue weighted by Crippen LogP contribution is -2.26. The van der Waals surface area contributed by atoms with E-state index in [1.165, 1.54) is 6.42 Å². The molecule has 1 aromatic carbocycles. The Labute approximate surface area is 108 Å². The molecule has 2 nitrogen and oxygen atoms in total. The second-order valence-electron chi connectivity index (χ2n) is 4.77. The van der Waals surface area contributed by atoms with E-state index in [2.05, 4.69) is 0 Å². The van der Waals surface area contributed by atoms with Crippen LogP contribution in [-0.2, 0) is 6.42 Å². The van der Waals surface area contributed by atoms with Gasteiger partial charge in [-0.25, -0.2) is 0 Å². The summed E-state index contributed by atoms with van der Waals surface area (Å²) in [6.45, 7) is 0. The number of benzene rings is 1. The standard InChI is InChI=1S/C14H19ClO2/c1-17-14-7-6-12(15)9-11(14)8-10-4-2-3-5-13(10)16/h6-7,9-10,13,16H,2-5,8H2,1H3. The highest BCUT2D eigenvalue weighted by Crippen LogP contribution is 2.31. The van der Waals surface area contributed by atoms with Crippen LogP contribution in [0.4, 0.5) is 0 Å². The van der Waals surface area contributed by atoms with Crippen LogP contribution in [-0.4, -0.2) is 18.3 Å². The molecular weight excluding hydrogens is 236 g/mol. The number of hydrogen-bond acceptors (Lipinski definition) is 2. The third-order valence-electron chi connectivity index (χ3n) is 3.59. The lowest BCUT2D eigenvalue weighted by Gasteiger charge is -2.28. The molecule has 3 heteroatoms. The fourth-order valence-electron chi connectivity index (χ4n) is 2.62. The van der Waals surface area contributed by atoms with E-state index in [-0.39, 0.29) is 6.10 Å². The topological polar surface area (TPSA) is 29.5 Å². The van der Waals surface area contributed by atoms with Crippen LogP contribution < -0.4 is 4.74 Å². The predicted octanol–water partition coefficient (Wildman–Crippen LogP) is 3.44.